The summed E-state index contributed by atoms with van der Waals surface area (Å²) < 4.78 is 1.54. The number of halogens is 1. The van der Waals surface area contributed by atoms with Crippen molar-refractivity contribution >= 4 is 75.6 Å². The monoisotopic (exact) mass is 342 g/mol. The van der Waals surface area contributed by atoms with Gasteiger partial charge in [-0.15, -0.1) is 0 Å². The molecule has 1 aliphatic rings. The third-order valence-corrected chi connectivity index (χ3v) is 11.6. The zero-order valence-corrected chi connectivity index (χ0v) is 11.5. The molecule has 1 fully saturated rings. The second-order valence-corrected chi connectivity index (χ2v) is 11.1. The second kappa shape index (κ2) is 6.01. The number of alkyl halides is 1. The van der Waals surface area contributed by atoms with Crippen molar-refractivity contribution in [3.05, 3.63) is 0 Å². The lowest BCUT2D eigenvalue weighted by Crippen LogP contribution is -2.04. The quantitative estimate of drug-likeness (QED) is 0.389. The van der Waals surface area contributed by atoms with Gasteiger partial charge in [0.25, 0.3) is 0 Å². The predicted octanol–water partition coefficient (Wildman–Crippen LogP) is 4.52. The van der Waals surface area contributed by atoms with Gasteiger partial charge in [0.15, 0.2) is 0 Å². The van der Waals surface area contributed by atoms with Gasteiger partial charge in [-0.1, -0.05) is 72.7 Å². The first-order valence-electron chi connectivity index (χ1n) is 2.68. The lowest BCUT2D eigenvalue weighted by Gasteiger charge is -2.12. The molecule has 1 saturated heterocycles. The van der Waals surface area contributed by atoms with Crippen molar-refractivity contribution in [3.8, 4) is 0 Å². The van der Waals surface area contributed by atoms with E-state index in [2.05, 4.69) is 29.5 Å². The van der Waals surface area contributed by atoms with Crippen molar-refractivity contribution in [3.63, 3.8) is 0 Å². The maximum atomic E-state index is 2.50. The zero-order chi connectivity index (χ0) is 7.40. The minimum absolute atomic E-state index is 0.769. The zero-order valence-electron chi connectivity index (χ0n) is 5.28. The first-order chi connectivity index (χ1) is 4.80. The van der Waals surface area contributed by atoms with Crippen LogP contribution < -0.4 is 0 Å². The van der Waals surface area contributed by atoms with E-state index in [1.807, 2.05) is 53.0 Å². The molecular weight excluding hydrogens is 335 g/mol. The summed E-state index contributed by atoms with van der Waals surface area (Å²) in [6.45, 7) is 2.28. The molecule has 2 unspecified atom stereocenters. The summed E-state index contributed by atoms with van der Waals surface area (Å²) in [7, 11) is 9.91. The van der Waals surface area contributed by atoms with Gasteiger partial charge in [-0.05, 0) is 9.83 Å². The molecule has 1 heterocycles. The average molecular weight is 342 g/mol. The van der Waals surface area contributed by atoms with Crippen LogP contribution in [0.3, 0.4) is 0 Å². The van der Waals surface area contributed by atoms with Crippen molar-refractivity contribution in [2.24, 2.45) is 0 Å². The minimum Gasteiger partial charge on any atom is -0.0810 e. The van der Waals surface area contributed by atoms with Gasteiger partial charge in [0.1, 0.15) is 0 Å². The summed E-state index contributed by atoms with van der Waals surface area (Å²) in [6.07, 6.45) is 0. The van der Waals surface area contributed by atoms with Gasteiger partial charge < -0.3 is 0 Å². The van der Waals surface area contributed by atoms with Crippen LogP contribution in [0.2, 0.25) is 0 Å². The third-order valence-electron chi connectivity index (χ3n) is 0.816. The summed E-state index contributed by atoms with van der Waals surface area (Å²) in [5.41, 5.74) is 0. The van der Waals surface area contributed by atoms with Gasteiger partial charge >= 0.3 is 0 Å². The summed E-state index contributed by atoms with van der Waals surface area (Å²) in [6, 6.07) is 0. The SMILES string of the molecule is CC(I)C1SSCSSS1. The molecule has 0 spiro atoms. The van der Waals surface area contributed by atoms with Crippen molar-refractivity contribution in [2.75, 3.05) is 5.08 Å². The third kappa shape index (κ3) is 3.93. The van der Waals surface area contributed by atoms with E-state index < -0.39 is 0 Å². The maximum absolute atomic E-state index is 2.50. The van der Waals surface area contributed by atoms with Crippen molar-refractivity contribution in [1.29, 1.82) is 0 Å². The molecule has 2 atom stereocenters. The first-order valence-corrected chi connectivity index (χ1v) is 10.0. The summed E-state index contributed by atoms with van der Waals surface area (Å²) in [4.78, 5) is 0. The van der Waals surface area contributed by atoms with E-state index in [1.165, 1.54) is 5.08 Å². The molecule has 0 aromatic carbocycles. The van der Waals surface area contributed by atoms with Crippen LogP contribution in [0.4, 0.5) is 0 Å². The van der Waals surface area contributed by atoms with Crippen LogP contribution in [-0.4, -0.2) is 13.6 Å². The van der Waals surface area contributed by atoms with Crippen molar-refractivity contribution in [1.82, 2.24) is 0 Å². The largest absolute Gasteiger partial charge is 0.0832 e. The Labute approximate surface area is 94.9 Å². The average Bonchev–Trinajstić information content (AvgIpc) is 2.12. The molecule has 10 heavy (non-hydrogen) atoms. The van der Waals surface area contributed by atoms with Gasteiger partial charge in [0.05, 0.1) is 9.67 Å². The Bertz CT molecular complexity index is 89.6. The molecule has 0 bridgehead atoms. The number of rotatable bonds is 1. The molecular formula is C4H7IS5. The molecule has 0 amide bonds. The Morgan fingerprint density at radius 1 is 1.40 bits per heavy atom. The Morgan fingerprint density at radius 2 is 2.20 bits per heavy atom. The topological polar surface area (TPSA) is 0 Å². The second-order valence-electron chi connectivity index (χ2n) is 1.66. The van der Waals surface area contributed by atoms with Crippen LogP contribution in [-0.2, 0) is 0 Å². The van der Waals surface area contributed by atoms with Crippen LogP contribution in [0.5, 0.6) is 0 Å². The fourth-order valence-corrected chi connectivity index (χ4v) is 12.5. The molecule has 0 aromatic heterocycles. The smallest absolute Gasteiger partial charge is 0.0810 e. The van der Waals surface area contributed by atoms with Crippen molar-refractivity contribution in [2.45, 2.75) is 15.4 Å². The molecule has 6 heteroatoms. The van der Waals surface area contributed by atoms with E-state index in [0.717, 1.165) is 8.51 Å². The maximum Gasteiger partial charge on any atom is 0.0832 e. The van der Waals surface area contributed by atoms with E-state index in [-0.39, 0.29) is 0 Å². The van der Waals surface area contributed by atoms with E-state index in [1.54, 1.807) is 0 Å². The molecule has 0 nitrogen and oxygen atoms in total. The summed E-state index contributed by atoms with van der Waals surface area (Å²) in [5.74, 6) is 0. The van der Waals surface area contributed by atoms with Gasteiger partial charge in [0, 0.05) is 3.92 Å². The van der Waals surface area contributed by atoms with Crippen LogP contribution in [0, 0.1) is 0 Å². The Morgan fingerprint density at radius 3 is 2.90 bits per heavy atom. The van der Waals surface area contributed by atoms with E-state index in [4.69, 9.17) is 0 Å². The Balaban J connectivity index is 2.28. The van der Waals surface area contributed by atoms with Gasteiger partial charge in [-0.2, -0.15) is 0 Å². The van der Waals surface area contributed by atoms with Gasteiger partial charge in [-0.25, -0.2) is 0 Å². The Hall–Kier alpha value is 2.48. The van der Waals surface area contributed by atoms with Crippen LogP contribution >= 0.6 is 75.6 Å². The molecule has 1 rings (SSSR count). The van der Waals surface area contributed by atoms with Gasteiger partial charge in [-0.3, -0.25) is 0 Å². The first kappa shape index (κ1) is 10.6. The van der Waals surface area contributed by atoms with Gasteiger partial charge in [0.2, 0.25) is 0 Å². The summed E-state index contributed by atoms with van der Waals surface area (Å²) in [5, 5.41) is 1.22. The molecule has 0 saturated carbocycles. The number of hydrogen-bond donors (Lipinski definition) is 0. The molecule has 0 aromatic rings. The standard InChI is InChI=1S/C4H7IS5/c1-3(5)4-8-6-2-7-10-9-4/h3-4H,2H2,1H3. The fourth-order valence-electron chi connectivity index (χ4n) is 0.370. The highest BCUT2D eigenvalue weighted by Gasteiger charge is 2.19. The normalized spacial score (nSPS) is 31.2. The van der Waals surface area contributed by atoms with Crippen LogP contribution in [0.1, 0.15) is 6.92 Å². The molecule has 60 valence electrons. The highest BCUT2D eigenvalue weighted by Crippen LogP contribution is 2.53. The molecule has 0 N–H and O–H groups in total. The van der Waals surface area contributed by atoms with E-state index >= 15 is 0 Å². The predicted molar refractivity (Wildman–Crippen MR) is 70.1 cm³/mol. The van der Waals surface area contributed by atoms with E-state index in [9.17, 15) is 0 Å². The summed E-state index contributed by atoms with van der Waals surface area (Å²) >= 11 is 2.50. The molecule has 1 aliphatic heterocycles. The molecule has 0 aliphatic carbocycles. The minimum atomic E-state index is 0.769. The Kier molecular flexibility index (Phi) is 6.35. The van der Waals surface area contributed by atoms with E-state index in [0.29, 0.717) is 0 Å². The number of hydrogen-bond acceptors (Lipinski definition) is 5. The highest BCUT2D eigenvalue weighted by atomic mass is 127. The van der Waals surface area contributed by atoms with Crippen molar-refractivity contribution < 1.29 is 0 Å². The fraction of sp³-hybridized carbons (Fsp3) is 1.00. The molecule has 0 radical (unpaired) electrons. The highest BCUT2D eigenvalue weighted by molar-refractivity contribution is 14.1. The lowest BCUT2D eigenvalue weighted by atomic mass is 10.6. The van der Waals surface area contributed by atoms with Crippen LogP contribution in [0.25, 0.3) is 0 Å². The van der Waals surface area contributed by atoms with Crippen LogP contribution in [0.15, 0.2) is 0 Å². The lowest BCUT2D eigenvalue weighted by molar-refractivity contribution is 1.14.